The Morgan fingerprint density at radius 1 is 0.938 bits per heavy atom. The third-order valence-corrected chi connectivity index (χ3v) is 5.67. The zero-order chi connectivity index (χ0) is 22.7. The molecule has 0 radical (unpaired) electrons. The highest BCUT2D eigenvalue weighted by atomic mass is 19.4. The molecule has 1 amide bonds. The summed E-state index contributed by atoms with van der Waals surface area (Å²) in [5, 5.41) is 10.0. The first-order valence-electron chi connectivity index (χ1n) is 10.3. The predicted octanol–water partition coefficient (Wildman–Crippen LogP) is 5.65. The van der Waals surface area contributed by atoms with Gasteiger partial charge in [0.2, 0.25) is 5.91 Å². The van der Waals surface area contributed by atoms with Gasteiger partial charge >= 0.3 is 6.36 Å². The van der Waals surface area contributed by atoms with E-state index in [1.54, 1.807) is 17.0 Å². The van der Waals surface area contributed by atoms with Gasteiger partial charge in [0.25, 0.3) is 0 Å². The number of hydrogen-bond donors (Lipinski definition) is 1. The van der Waals surface area contributed by atoms with Gasteiger partial charge in [-0.2, -0.15) is 0 Å². The molecule has 1 aliphatic heterocycles. The van der Waals surface area contributed by atoms with Crippen LogP contribution in [-0.2, 0) is 4.79 Å². The zero-order valence-corrected chi connectivity index (χ0v) is 17.1. The van der Waals surface area contributed by atoms with Crippen molar-refractivity contribution in [2.45, 2.75) is 31.3 Å². The van der Waals surface area contributed by atoms with Crippen molar-refractivity contribution in [2.24, 2.45) is 0 Å². The highest BCUT2D eigenvalue weighted by molar-refractivity contribution is 5.80. The fourth-order valence-electron chi connectivity index (χ4n) is 4.20. The molecule has 3 aromatic rings. The van der Waals surface area contributed by atoms with Gasteiger partial charge in [-0.25, -0.2) is 0 Å². The van der Waals surface area contributed by atoms with Crippen LogP contribution in [0.5, 0.6) is 5.75 Å². The second kappa shape index (κ2) is 9.04. The molecule has 3 aromatic carbocycles. The topological polar surface area (TPSA) is 49.8 Å². The van der Waals surface area contributed by atoms with Crippen LogP contribution in [0.3, 0.4) is 0 Å². The van der Waals surface area contributed by atoms with Gasteiger partial charge in [-0.05, 0) is 40.8 Å². The average molecular weight is 441 g/mol. The van der Waals surface area contributed by atoms with Crippen LogP contribution in [0.1, 0.15) is 36.1 Å². The van der Waals surface area contributed by atoms with Gasteiger partial charge in [0.05, 0.1) is 18.7 Å². The molecule has 0 aliphatic carbocycles. The maximum Gasteiger partial charge on any atom is 0.573 e. The molecule has 0 aromatic heterocycles. The van der Waals surface area contributed by atoms with Crippen molar-refractivity contribution in [1.82, 2.24) is 4.90 Å². The Morgan fingerprint density at radius 2 is 1.53 bits per heavy atom. The molecule has 166 valence electrons. The zero-order valence-electron chi connectivity index (χ0n) is 17.1. The third kappa shape index (κ3) is 4.78. The Balaban J connectivity index is 1.54. The number of aliphatic hydroxyl groups is 1. The summed E-state index contributed by atoms with van der Waals surface area (Å²) in [6, 6.07) is 22.2. The second-order valence-electron chi connectivity index (χ2n) is 7.66. The van der Waals surface area contributed by atoms with Gasteiger partial charge in [-0.3, -0.25) is 4.79 Å². The Labute approximate surface area is 183 Å². The third-order valence-electron chi connectivity index (χ3n) is 5.67. The molecule has 4 nitrogen and oxygen atoms in total. The SMILES string of the molecule is O=C1CC[C@H](c2ccc(-c3ccc(OC(F)(F)F)cc3)cc2)N1[C@H](CO)c1ccccc1. The van der Waals surface area contributed by atoms with Crippen LogP contribution >= 0.6 is 0 Å². The Hall–Kier alpha value is -3.32. The van der Waals surface area contributed by atoms with Crippen LogP contribution in [0.15, 0.2) is 78.9 Å². The van der Waals surface area contributed by atoms with Gasteiger partial charge < -0.3 is 14.7 Å². The van der Waals surface area contributed by atoms with E-state index in [9.17, 15) is 23.1 Å². The van der Waals surface area contributed by atoms with Crippen molar-refractivity contribution in [2.75, 3.05) is 6.61 Å². The van der Waals surface area contributed by atoms with Gasteiger partial charge in [-0.15, -0.1) is 13.2 Å². The fourth-order valence-corrected chi connectivity index (χ4v) is 4.20. The molecule has 1 saturated heterocycles. The number of halogens is 3. The highest BCUT2D eigenvalue weighted by Gasteiger charge is 2.37. The summed E-state index contributed by atoms with van der Waals surface area (Å²) in [4.78, 5) is 14.4. The number of nitrogens with zero attached hydrogens (tertiary/aromatic N) is 1. The minimum atomic E-state index is -4.72. The molecule has 32 heavy (non-hydrogen) atoms. The molecule has 0 unspecified atom stereocenters. The van der Waals surface area contributed by atoms with Crippen molar-refractivity contribution in [3.63, 3.8) is 0 Å². The number of benzene rings is 3. The summed E-state index contributed by atoms with van der Waals surface area (Å²) in [5.74, 6) is -0.267. The van der Waals surface area contributed by atoms with E-state index < -0.39 is 12.4 Å². The molecule has 0 spiro atoms. The predicted molar refractivity (Wildman–Crippen MR) is 114 cm³/mol. The number of amides is 1. The van der Waals surface area contributed by atoms with E-state index in [0.29, 0.717) is 12.8 Å². The molecule has 1 N–H and O–H groups in total. The van der Waals surface area contributed by atoms with Crippen molar-refractivity contribution >= 4 is 5.91 Å². The molecule has 1 fully saturated rings. The van der Waals surface area contributed by atoms with Crippen molar-refractivity contribution in [3.05, 3.63) is 90.0 Å². The smallest absolute Gasteiger partial charge is 0.406 e. The first-order chi connectivity index (χ1) is 15.4. The number of ether oxygens (including phenoxy) is 1. The number of carbonyl (C=O) groups excluding carboxylic acids is 1. The first-order valence-corrected chi connectivity index (χ1v) is 10.3. The fraction of sp³-hybridized carbons (Fsp3) is 0.240. The molecule has 0 saturated carbocycles. The molecule has 2 atom stereocenters. The van der Waals surface area contributed by atoms with Gasteiger partial charge in [0, 0.05) is 6.42 Å². The van der Waals surface area contributed by atoms with E-state index in [2.05, 4.69) is 4.74 Å². The van der Waals surface area contributed by atoms with Gasteiger partial charge in [-0.1, -0.05) is 66.7 Å². The second-order valence-corrected chi connectivity index (χ2v) is 7.66. The number of likely N-dealkylation sites (tertiary alicyclic amines) is 1. The van der Waals surface area contributed by atoms with Crippen molar-refractivity contribution in [3.8, 4) is 16.9 Å². The number of aliphatic hydroxyl groups excluding tert-OH is 1. The number of carbonyl (C=O) groups is 1. The summed E-state index contributed by atoms with van der Waals surface area (Å²) in [7, 11) is 0. The van der Waals surface area contributed by atoms with Crippen molar-refractivity contribution < 1.29 is 27.8 Å². The highest BCUT2D eigenvalue weighted by Crippen LogP contribution is 2.40. The molecule has 0 bridgehead atoms. The monoisotopic (exact) mass is 441 g/mol. The largest absolute Gasteiger partial charge is 0.573 e. The van der Waals surface area contributed by atoms with E-state index in [-0.39, 0.29) is 24.3 Å². The van der Waals surface area contributed by atoms with Crippen LogP contribution in [0.2, 0.25) is 0 Å². The van der Waals surface area contributed by atoms with E-state index in [1.165, 1.54) is 12.1 Å². The minimum Gasteiger partial charge on any atom is -0.406 e. The standard InChI is InChI=1S/C25H22F3NO3/c26-25(27,28)32-21-12-10-18(11-13-21)17-6-8-20(9-7-17)22-14-15-24(31)29(22)23(16-30)19-4-2-1-3-5-19/h1-13,22-23,30H,14-16H2/t22-,23-/m1/s1. The Morgan fingerprint density at radius 3 is 2.09 bits per heavy atom. The average Bonchev–Trinajstić information content (AvgIpc) is 3.16. The first kappa shape index (κ1) is 21.9. The lowest BCUT2D eigenvalue weighted by Crippen LogP contribution is -2.34. The summed E-state index contributed by atoms with van der Waals surface area (Å²) in [6.07, 6.45) is -3.65. The van der Waals surface area contributed by atoms with E-state index in [0.717, 1.165) is 22.3 Å². The van der Waals surface area contributed by atoms with Crippen LogP contribution in [0, 0.1) is 0 Å². The lowest BCUT2D eigenvalue weighted by Gasteiger charge is -2.33. The summed E-state index contributed by atoms with van der Waals surface area (Å²) in [6.45, 7) is -0.170. The molecular weight excluding hydrogens is 419 g/mol. The van der Waals surface area contributed by atoms with Crippen LogP contribution in [0.4, 0.5) is 13.2 Å². The quantitative estimate of drug-likeness (QED) is 0.538. The lowest BCUT2D eigenvalue weighted by atomic mass is 9.97. The normalized spacial score (nSPS) is 17.4. The van der Waals surface area contributed by atoms with Gasteiger partial charge in [0.1, 0.15) is 5.75 Å². The Bertz CT molecular complexity index is 1050. The minimum absolute atomic E-state index is 0.00207. The van der Waals surface area contributed by atoms with Crippen LogP contribution < -0.4 is 4.74 Å². The van der Waals surface area contributed by atoms with E-state index in [4.69, 9.17) is 0 Å². The molecular formula is C25H22F3NO3. The van der Waals surface area contributed by atoms with E-state index >= 15 is 0 Å². The summed E-state index contributed by atoms with van der Waals surface area (Å²) in [5.41, 5.74) is 3.42. The maximum atomic E-state index is 12.7. The molecule has 1 aliphatic rings. The van der Waals surface area contributed by atoms with E-state index in [1.807, 2.05) is 54.6 Å². The summed E-state index contributed by atoms with van der Waals surface area (Å²) >= 11 is 0. The number of alkyl halides is 3. The van der Waals surface area contributed by atoms with Crippen LogP contribution in [0.25, 0.3) is 11.1 Å². The summed E-state index contributed by atoms with van der Waals surface area (Å²) < 4.78 is 40.9. The number of hydrogen-bond acceptors (Lipinski definition) is 3. The lowest BCUT2D eigenvalue weighted by molar-refractivity contribution is -0.274. The maximum absolute atomic E-state index is 12.7. The Kier molecular flexibility index (Phi) is 6.19. The van der Waals surface area contributed by atoms with Crippen LogP contribution in [-0.4, -0.2) is 28.9 Å². The molecule has 7 heteroatoms. The van der Waals surface area contributed by atoms with Gasteiger partial charge in [0.15, 0.2) is 0 Å². The van der Waals surface area contributed by atoms with Crippen molar-refractivity contribution in [1.29, 1.82) is 0 Å². The molecule has 1 heterocycles. The number of rotatable bonds is 6. The molecule has 4 rings (SSSR count).